The van der Waals surface area contributed by atoms with Gasteiger partial charge in [0, 0.05) is 6.20 Å². The predicted octanol–water partition coefficient (Wildman–Crippen LogP) is 2.80. The van der Waals surface area contributed by atoms with Crippen LogP contribution in [0.25, 0.3) is 0 Å². The van der Waals surface area contributed by atoms with Crippen molar-refractivity contribution < 1.29 is 0 Å². The molecule has 3 heteroatoms. The van der Waals surface area contributed by atoms with Gasteiger partial charge >= 0.3 is 0 Å². The Balaban J connectivity index is 2.44. The van der Waals surface area contributed by atoms with Crippen LogP contribution in [0.15, 0.2) is 22.5 Å². The van der Waals surface area contributed by atoms with E-state index in [9.17, 15) is 0 Å². The van der Waals surface area contributed by atoms with Crippen molar-refractivity contribution in [1.82, 2.24) is 4.98 Å². The zero-order chi connectivity index (χ0) is 8.55. The molecule has 0 bridgehead atoms. The second-order valence-corrected chi connectivity index (χ2v) is 3.29. The van der Waals surface area contributed by atoms with E-state index in [1.165, 1.54) is 5.56 Å². The van der Waals surface area contributed by atoms with E-state index in [4.69, 9.17) is 0 Å². The average molecular weight is 161 g/mol. The fourth-order valence-corrected chi connectivity index (χ4v) is 1.20. The summed E-state index contributed by atoms with van der Waals surface area (Å²) in [6, 6.07) is 2.07. The molecule has 12 heavy (non-hydrogen) atoms. The van der Waals surface area contributed by atoms with Gasteiger partial charge in [0.1, 0.15) is 12.2 Å². The lowest BCUT2D eigenvalue weighted by molar-refractivity contribution is 0.854. The molecule has 0 saturated heterocycles. The third kappa shape index (κ3) is 1.11. The largest absolute Gasteiger partial charge is 0.257 e. The summed E-state index contributed by atoms with van der Waals surface area (Å²) in [5, 5.41) is 7.92. The first-order chi connectivity index (χ1) is 5.77. The van der Waals surface area contributed by atoms with Gasteiger partial charge in [0.25, 0.3) is 0 Å². The highest BCUT2D eigenvalue weighted by Crippen LogP contribution is 2.27. The average Bonchev–Trinajstić information content (AvgIpc) is 2.49. The summed E-state index contributed by atoms with van der Waals surface area (Å²) >= 11 is 0. The van der Waals surface area contributed by atoms with Crippen LogP contribution in [0.3, 0.4) is 0 Å². The molecular weight excluding hydrogens is 150 g/mol. The van der Waals surface area contributed by atoms with Gasteiger partial charge in [-0.2, -0.15) is 10.2 Å². The fourth-order valence-electron chi connectivity index (χ4n) is 1.20. The van der Waals surface area contributed by atoms with Gasteiger partial charge in [-0.25, -0.2) is 0 Å². The van der Waals surface area contributed by atoms with Gasteiger partial charge in [0.2, 0.25) is 0 Å². The van der Waals surface area contributed by atoms with Crippen LogP contribution in [-0.2, 0) is 6.54 Å². The highest BCUT2D eigenvalue weighted by molar-refractivity contribution is 5.45. The Morgan fingerprint density at radius 3 is 3.00 bits per heavy atom. The SMILES string of the molecule is CC(C)c1cnc2c(c1)N=NC2. The summed E-state index contributed by atoms with van der Waals surface area (Å²) in [5.74, 6) is 0.513. The molecule has 2 rings (SSSR count). The van der Waals surface area contributed by atoms with E-state index in [-0.39, 0.29) is 0 Å². The van der Waals surface area contributed by atoms with Gasteiger partial charge in [0.15, 0.2) is 0 Å². The van der Waals surface area contributed by atoms with Crippen molar-refractivity contribution in [2.24, 2.45) is 10.2 Å². The highest BCUT2D eigenvalue weighted by atomic mass is 15.1. The van der Waals surface area contributed by atoms with Crippen LogP contribution in [0, 0.1) is 0 Å². The maximum Gasteiger partial charge on any atom is 0.109 e. The Bertz CT molecular complexity index is 329. The molecule has 0 fully saturated rings. The number of fused-ring (bicyclic) bond motifs is 1. The van der Waals surface area contributed by atoms with Gasteiger partial charge in [-0.3, -0.25) is 4.98 Å². The Morgan fingerprint density at radius 2 is 2.25 bits per heavy atom. The summed E-state index contributed by atoms with van der Waals surface area (Å²) in [4.78, 5) is 4.29. The molecule has 2 heterocycles. The Kier molecular flexibility index (Phi) is 1.64. The van der Waals surface area contributed by atoms with Crippen LogP contribution in [-0.4, -0.2) is 4.98 Å². The molecule has 62 valence electrons. The van der Waals surface area contributed by atoms with Crippen molar-refractivity contribution in [2.45, 2.75) is 26.3 Å². The molecule has 0 unspecified atom stereocenters. The fraction of sp³-hybridized carbons (Fsp3) is 0.444. The van der Waals surface area contributed by atoms with Gasteiger partial charge in [0.05, 0.1) is 5.69 Å². The van der Waals surface area contributed by atoms with E-state index in [2.05, 4.69) is 35.1 Å². The number of rotatable bonds is 1. The molecule has 1 aliphatic rings. The van der Waals surface area contributed by atoms with E-state index in [0.717, 1.165) is 11.4 Å². The maximum atomic E-state index is 4.29. The highest BCUT2D eigenvalue weighted by Gasteiger charge is 2.10. The van der Waals surface area contributed by atoms with Crippen LogP contribution in [0.5, 0.6) is 0 Å². The molecule has 0 spiro atoms. The number of azo groups is 1. The maximum absolute atomic E-state index is 4.29. The molecule has 0 saturated carbocycles. The van der Waals surface area contributed by atoms with Crippen molar-refractivity contribution in [3.05, 3.63) is 23.5 Å². The quantitative estimate of drug-likeness (QED) is 0.624. The zero-order valence-electron chi connectivity index (χ0n) is 7.28. The first kappa shape index (κ1) is 7.40. The molecule has 0 aromatic carbocycles. The lowest BCUT2D eigenvalue weighted by Gasteiger charge is -2.04. The lowest BCUT2D eigenvalue weighted by atomic mass is 10.1. The normalized spacial score (nSPS) is 13.9. The van der Waals surface area contributed by atoms with Crippen molar-refractivity contribution in [3.8, 4) is 0 Å². The third-order valence-electron chi connectivity index (χ3n) is 2.03. The smallest absolute Gasteiger partial charge is 0.109 e. The molecule has 0 aliphatic carbocycles. The van der Waals surface area contributed by atoms with Crippen molar-refractivity contribution in [1.29, 1.82) is 0 Å². The molecule has 1 aromatic heterocycles. The third-order valence-corrected chi connectivity index (χ3v) is 2.03. The van der Waals surface area contributed by atoms with Crippen LogP contribution >= 0.6 is 0 Å². The molecule has 1 aliphatic heterocycles. The minimum atomic E-state index is 0.513. The van der Waals surface area contributed by atoms with Gasteiger partial charge in [-0.05, 0) is 17.5 Å². The van der Waals surface area contributed by atoms with E-state index in [0.29, 0.717) is 12.5 Å². The number of aromatic nitrogens is 1. The van der Waals surface area contributed by atoms with Crippen LogP contribution in [0.4, 0.5) is 5.69 Å². The zero-order valence-corrected chi connectivity index (χ0v) is 7.28. The monoisotopic (exact) mass is 161 g/mol. The lowest BCUT2D eigenvalue weighted by Crippen LogP contribution is -1.90. The first-order valence-corrected chi connectivity index (χ1v) is 4.13. The number of hydrogen-bond donors (Lipinski definition) is 0. The molecule has 3 nitrogen and oxygen atoms in total. The van der Waals surface area contributed by atoms with Crippen LogP contribution < -0.4 is 0 Å². The molecule has 0 radical (unpaired) electrons. The predicted molar refractivity (Wildman–Crippen MR) is 46.5 cm³/mol. The van der Waals surface area contributed by atoms with E-state index >= 15 is 0 Å². The summed E-state index contributed by atoms with van der Waals surface area (Å²) < 4.78 is 0. The summed E-state index contributed by atoms with van der Waals surface area (Å²) in [6.07, 6.45) is 1.92. The molecular formula is C9H11N3. The minimum absolute atomic E-state index is 0.513. The molecule has 1 aromatic rings. The van der Waals surface area contributed by atoms with E-state index in [1.807, 2.05) is 6.20 Å². The van der Waals surface area contributed by atoms with E-state index in [1.54, 1.807) is 0 Å². The van der Waals surface area contributed by atoms with Crippen molar-refractivity contribution in [3.63, 3.8) is 0 Å². The van der Waals surface area contributed by atoms with Crippen molar-refractivity contribution in [2.75, 3.05) is 0 Å². The number of hydrogen-bond acceptors (Lipinski definition) is 3. The van der Waals surface area contributed by atoms with Gasteiger partial charge in [-0.15, -0.1) is 0 Å². The second-order valence-electron chi connectivity index (χ2n) is 3.29. The topological polar surface area (TPSA) is 37.6 Å². The summed E-state index contributed by atoms with van der Waals surface area (Å²) in [6.45, 7) is 4.94. The van der Waals surface area contributed by atoms with Gasteiger partial charge < -0.3 is 0 Å². The summed E-state index contributed by atoms with van der Waals surface area (Å²) in [7, 11) is 0. The summed E-state index contributed by atoms with van der Waals surface area (Å²) in [5.41, 5.74) is 3.18. The number of nitrogens with zero attached hydrogens (tertiary/aromatic N) is 3. The standard InChI is InChI=1S/C9H11N3/c1-6(2)7-3-8-9(10-4-7)5-11-12-8/h3-4,6H,5H2,1-2H3. The van der Waals surface area contributed by atoms with Gasteiger partial charge in [-0.1, -0.05) is 13.8 Å². The Hall–Kier alpha value is -1.25. The van der Waals surface area contributed by atoms with Crippen LogP contribution in [0.2, 0.25) is 0 Å². The van der Waals surface area contributed by atoms with E-state index < -0.39 is 0 Å². The second kappa shape index (κ2) is 2.66. The number of pyridine rings is 1. The molecule has 0 amide bonds. The molecule has 0 atom stereocenters. The van der Waals surface area contributed by atoms with Crippen molar-refractivity contribution >= 4 is 5.69 Å². The Labute approximate surface area is 71.6 Å². The first-order valence-electron chi connectivity index (χ1n) is 4.13. The Morgan fingerprint density at radius 1 is 1.42 bits per heavy atom. The molecule has 0 N–H and O–H groups in total. The van der Waals surface area contributed by atoms with Crippen LogP contribution in [0.1, 0.15) is 31.0 Å². The minimum Gasteiger partial charge on any atom is -0.257 e.